The maximum absolute atomic E-state index is 12.2. The van der Waals surface area contributed by atoms with Crippen LogP contribution in [0.5, 0.6) is 0 Å². The molecule has 0 rings (SSSR count). The van der Waals surface area contributed by atoms with E-state index in [-0.39, 0.29) is 18.6 Å². The van der Waals surface area contributed by atoms with E-state index in [0.717, 1.165) is 0 Å². The lowest BCUT2D eigenvalue weighted by atomic mass is 10.4. The highest BCUT2D eigenvalue weighted by molar-refractivity contribution is 7.79. The second-order valence-electron chi connectivity index (χ2n) is 2.85. The molecule has 1 N–H and O–H groups in total. The predicted octanol–water partition coefficient (Wildman–Crippen LogP) is 2.09. The highest BCUT2D eigenvalue weighted by atomic mass is 31.2. The quantitative estimate of drug-likeness (QED) is 0.245. The zero-order chi connectivity index (χ0) is 11.2. The molecule has 0 heterocycles. The molecule has 14 heavy (non-hydrogen) atoms. The molecule has 2 atom stereocenters. The van der Waals surface area contributed by atoms with Gasteiger partial charge in [-0.3, -0.25) is 9.36 Å². The summed E-state index contributed by atoms with van der Waals surface area (Å²) in [4.78, 5) is 10.5. The Balaban J connectivity index is 5.08. The van der Waals surface area contributed by atoms with Crippen LogP contribution in [-0.4, -0.2) is 29.2 Å². The van der Waals surface area contributed by atoms with Crippen LogP contribution in [0.1, 0.15) is 27.2 Å². The SMILES string of the molecule is CCOP(=O)(/C(C=O)=N/O)C(C)CC. The van der Waals surface area contributed by atoms with Crippen LogP contribution in [-0.2, 0) is 13.9 Å². The Morgan fingerprint density at radius 2 is 2.21 bits per heavy atom. The van der Waals surface area contributed by atoms with Crippen molar-refractivity contribution in [3.05, 3.63) is 0 Å². The van der Waals surface area contributed by atoms with Gasteiger partial charge in [0.25, 0.3) is 7.37 Å². The molecule has 0 saturated carbocycles. The molecular weight excluding hydrogens is 205 g/mol. The van der Waals surface area contributed by atoms with E-state index in [2.05, 4.69) is 5.16 Å². The molecule has 0 saturated heterocycles. The van der Waals surface area contributed by atoms with Gasteiger partial charge in [-0.25, -0.2) is 0 Å². The number of carbonyl (C=O) groups is 1. The minimum Gasteiger partial charge on any atom is -0.410 e. The van der Waals surface area contributed by atoms with Crippen molar-refractivity contribution in [1.82, 2.24) is 0 Å². The highest BCUT2D eigenvalue weighted by Gasteiger charge is 2.36. The molecule has 0 aromatic rings. The summed E-state index contributed by atoms with van der Waals surface area (Å²) in [6.45, 7) is 5.42. The lowest BCUT2D eigenvalue weighted by Gasteiger charge is -2.21. The summed E-state index contributed by atoms with van der Waals surface area (Å²) in [6, 6.07) is 0. The number of rotatable bonds is 6. The summed E-state index contributed by atoms with van der Waals surface area (Å²) in [5, 5.41) is 11.3. The van der Waals surface area contributed by atoms with Gasteiger partial charge < -0.3 is 9.73 Å². The summed E-state index contributed by atoms with van der Waals surface area (Å²) in [5.41, 5.74) is -0.716. The van der Waals surface area contributed by atoms with Crippen molar-refractivity contribution >= 4 is 19.1 Å². The number of oxime groups is 1. The summed E-state index contributed by atoms with van der Waals surface area (Å²) in [7, 11) is -3.29. The molecule has 0 fully saturated rings. The van der Waals surface area contributed by atoms with Crippen molar-refractivity contribution < 1.29 is 19.1 Å². The molecule has 0 aliphatic rings. The summed E-state index contributed by atoms with van der Waals surface area (Å²) in [6.07, 6.45) is 0.868. The van der Waals surface area contributed by atoms with E-state index in [9.17, 15) is 9.36 Å². The van der Waals surface area contributed by atoms with Crippen LogP contribution in [0.4, 0.5) is 0 Å². The standard InChI is InChI=1S/C8H16NO4P/c1-4-7(3)14(12,13-5-2)8(6-10)9-11/h6-7,11H,4-5H2,1-3H3/b9-8+. The van der Waals surface area contributed by atoms with Crippen molar-refractivity contribution in [3.8, 4) is 0 Å². The maximum Gasteiger partial charge on any atom is 0.259 e. The molecule has 0 aliphatic carbocycles. The molecule has 0 amide bonds. The van der Waals surface area contributed by atoms with Crippen LogP contribution >= 0.6 is 7.37 Å². The lowest BCUT2D eigenvalue weighted by Crippen LogP contribution is -2.15. The van der Waals surface area contributed by atoms with Crippen LogP contribution in [0, 0.1) is 0 Å². The molecule has 2 unspecified atom stereocenters. The summed E-state index contributed by atoms with van der Waals surface area (Å²) in [5.74, 6) is 0. The third kappa shape index (κ3) is 2.66. The van der Waals surface area contributed by atoms with Crippen LogP contribution in [0.2, 0.25) is 0 Å². The molecule has 5 nitrogen and oxygen atoms in total. The van der Waals surface area contributed by atoms with E-state index in [1.54, 1.807) is 13.8 Å². The molecule has 0 aromatic carbocycles. The van der Waals surface area contributed by atoms with Crippen molar-refractivity contribution in [2.75, 3.05) is 6.61 Å². The van der Waals surface area contributed by atoms with Gasteiger partial charge in [0.05, 0.1) is 6.61 Å². The Kier molecular flexibility index (Phi) is 5.65. The molecule has 0 aliphatic heterocycles. The van der Waals surface area contributed by atoms with E-state index in [1.165, 1.54) is 0 Å². The fourth-order valence-electron chi connectivity index (χ4n) is 1.01. The van der Waals surface area contributed by atoms with Gasteiger partial charge in [0.15, 0.2) is 6.29 Å². The minimum absolute atomic E-state index is 0.217. The molecule has 0 radical (unpaired) electrons. The molecule has 0 bridgehead atoms. The third-order valence-electron chi connectivity index (χ3n) is 2.02. The molecular formula is C8H16NO4P. The van der Waals surface area contributed by atoms with Crippen LogP contribution < -0.4 is 0 Å². The topological polar surface area (TPSA) is 76.0 Å². The van der Waals surface area contributed by atoms with Crippen LogP contribution in [0.15, 0.2) is 5.16 Å². The van der Waals surface area contributed by atoms with E-state index < -0.39 is 12.8 Å². The Morgan fingerprint density at radius 3 is 2.50 bits per heavy atom. The lowest BCUT2D eigenvalue weighted by molar-refractivity contribution is -0.102. The predicted molar refractivity (Wildman–Crippen MR) is 54.3 cm³/mol. The minimum atomic E-state index is -3.29. The van der Waals surface area contributed by atoms with Crippen LogP contribution in [0.3, 0.4) is 0 Å². The van der Waals surface area contributed by atoms with E-state index in [1.807, 2.05) is 6.92 Å². The normalized spacial score (nSPS) is 18.6. The van der Waals surface area contributed by atoms with Gasteiger partial charge in [0.2, 0.25) is 5.45 Å². The second kappa shape index (κ2) is 5.94. The fourth-order valence-corrected chi connectivity index (χ4v) is 2.98. The average molecular weight is 221 g/mol. The number of hydrogen-bond acceptors (Lipinski definition) is 5. The maximum atomic E-state index is 12.2. The van der Waals surface area contributed by atoms with Crippen molar-refractivity contribution in [2.24, 2.45) is 5.16 Å². The summed E-state index contributed by atoms with van der Waals surface area (Å²) >= 11 is 0. The zero-order valence-electron chi connectivity index (χ0n) is 8.64. The molecule has 0 spiro atoms. The van der Waals surface area contributed by atoms with Gasteiger partial charge in [-0.2, -0.15) is 0 Å². The van der Waals surface area contributed by atoms with Crippen molar-refractivity contribution in [1.29, 1.82) is 0 Å². The van der Waals surface area contributed by atoms with Crippen LogP contribution in [0.25, 0.3) is 0 Å². The highest BCUT2D eigenvalue weighted by Crippen LogP contribution is 2.53. The first-order valence-electron chi connectivity index (χ1n) is 4.48. The molecule has 6 heteroatoms. The van der Waals surface area contributed by atoms with Gasteiger partial charge in [-0.15, -0.1) is 0 Å². The Hall–Kier alpha value is -0.670. The first kappa shape index (κ1) is 13.3. The van der Waals surface area contributed by atoms with Crippen molar-refractivity contribution in [3.63, 3.8) is 0 Å². The van der Waals surface area contributed by atoms with Gasteiger partial charge >= 0.3 is 0 Å². The largest absolute Gasteiger partial charge is 0.410 e. The fraction of sp³-hybridized carbons (Fsp3) is 0.750. The molecule has 0 aromatic heterocycles. The van der Waals surface area contributed by atoms with Gasteiger partial charge in [0.1, 0.15) is 0 Å². The van der Waals surface area contributed by atoms with Crippen molar-refractivity contribution in [2.45, 2.75) is 32.9 Å². The number of nitrogens with zero attached hydrogens (tertiary/aromatic N) is 1. The Bertz CT molecular complexity index is 264. The second-order valence-corrected chi connectivity index (χ2v) is 5.64. The zero-order valence-corrected chi connectivity index (χ0v) is 9.53. The van der Waals surface area contributed by atoms with Gasteiger partial charge in [-0.05, 0) is 13.3 Å². The molecule has 82 valence electrons. The average Bonchev–Trinajstić information content (AvgIpc) is 2.18. The smallest absolute Gasteiger partial charge is 0.259 e. The Morgan fingerprint density at radius 1 is 1.64 bits per heavy atom. The first-order chi connectivity index (χ1) is 6.56. The van der Waals surface area contributed by atoms with E-state index in [0.29, 0.717) is 6.42 Å². The first-order valence-corrected chi connectivity index (χ1v) is 6.18. The van der Waals surface area contributed by atoms with Gasteiger partial charge in [0, 0.05) is 5.66 Å². The number of hydrogen-bond donors (Lipinski definition) is 1. The monoisotopic (exact) mass is 221 g/mol. The number of aldehydes is 1. The van der Waals surface area contributed by atoms with E-state index >= 15 is 0 Å². The third-order valence-corrected chi connectivity index (χ3v) is 5.02. The summed E-state index contributed by atoms with van der Waals surface area (Å²) < 4.78 is 17.2. The Labute approximate surface area is 83.6 Å². The van der Waals surface area contributed by atoms with E-state index in [4.69, 9.17) is 9.73 Å². The van der Waals surface area contributed by atoms with Gasteiger partial charge in [-0.1, -0.05) is 19.0 Å². The number of carbonyl (C=O) groups excluding carboxylic acids is 1.